The molecule has 132 valence electrons. The minimum absolute atomic E-state index is 0.124. The van der Waals surface area contributed by atoms with Crippen molar-refractivity contribution >= 4 is 29.0 Å². The molecule has 0 saturated heterocycles. The number of ketones is 1. The van der Waals surface area contributed by atoms with Gasteiger partial charge in [-0.2, -0.15) is 4.80 Å². The smallest absolute Gasteiger partial charge is 0.221 e. The maximum Gasteiger partial charge on any atom is 0.221 e. The van der Waals surface area contributed by atoms with Gasteiger partial charge in [0.25, 0.3) is 0 Å². The van der Waals surface area contributed by atoms with Crippen LogP contribution in [0.25, 0.3) is 11.4 Å². The van der Waals surface area contributed by atoms with E-state index >= 15 is 0 Å². The molecule has 1 amide bonds. The summed E-state index contributed by atoms with van der Waals surface area (Å²) in [6.45, 7) is 1.04. The fraction of sp³-hybridized carbons (Fsp3) is 0.118. The summed E-state index contributed by atoms with van der Waals surface area (Å²) < 4.78 is 14.1. The van der Waals surface area contributed by atoms with Gasteiger partial charge in [0.2, 0.25) is 11.7 Å². The van der Waals surface area contributed by atoms with Gasteiger partial charge in [0, 0.05) is 23.2 Å². The standard InChI is InChI=1S/C17H13ClFN5O2/c1-10(25)20-13-5-6-14(15(19)8-13)16(26)9-24-22-17(21-23-24)11-3-2-4-12(18)7-11/h2-8H,9H2,1H3,(H,20,25). The molecule has 0 aliphatic heterocycles. The predicted molar refractivity (Wildman–Crippen MR) is 93.3 cm³/mol. The maximum absolute atomic E-state index is 14.1. The highest BCUT2D eigenvalue weighted by molar-refractivity contribution is 6.30. The lowest BCUT2D eigenvalue weighted by molar-refractivity contribution is -0.114. The van der Waals surface area contributed by atoms with Gasteiger partial charge in [0.05, 0.1) is 5.56 Å². The fourth-order valence-electron chi connectivity index (χ4n) is 2.29. The van der Waals surface area contributed by atoms with Crippen molar-refractivity contribution in [3.05, 3.63) is 58.9 Å². The van der Waals surface area contributed by atoms with Gasteiger partial charge in [0.1, 0.15) is 12.4 Å². The molecular weight excluding hydrogens is 361 g/mol. The van der Waals surface area contributed by atoms with Gasteiger partial charge < -0.3 is 5.32 Å². The Labute approximate surface area is 152 Å². The number of amides is 1. The van der Waals surface area contributed by atoms with E-state index in [1.54, 1.807) is 24.3 Å². The van der Waals surface area contributed by atoms with Crippen LogP contribution in [-0.4, -0.2) is 31.9 Å². The largest absolute Gasteiger partial charge is 0.326 e. The lowest BCUT2D eigenvalue weighted by atomic mass is 10.1. The number of carbonyl (C=O) groups is 2. The van der Waals surface area contributed by atoms with E-state index in [1.165, 1.54) is 19.1 Å². The number of anilines is 1. The van der Waals surface area contributed by atoms with Gasteiger partial charge in [0.15, 0.2) is 5.78 Å². The second kappa shape index (κ2) is 7.40. The predicted octanol–water partition coefficient (Wildman–Crippen LogP) is 2.97. The number of rotatable bonds is 5. The highest BCUT2D eigenvalue weighted by Gasteiger charge is 2.15. The van der Waals surface area contributed by atoms with E-state index in [0.717, 1.165) is 10.9 Å². The quantitative estimate of drug-likeness (QED) is 0.694. The second-order valence-corrected chi connectivity index (χ2v) is 5.89. The molecule has 0 unspecified atom stereocenters. The van der Waals surface area contributed by atoms with Gasteiger partial charge in [-0.3, -0.25) is 9.59 Å². The van der Waals surface area contributed by atoms with Crippen LogP contribution in [0.2, 0.25) is 5.02 Å². The molecule has 0 saturated carbocycles. The minimum atomic E-state index is -0.739. The third-order valence-corrected chi connectivity index (χ3v) is 3.65. The lowest BCUT2D eigenvalue weighted by Gasteiger charge is -2.05. The number of carbonyl (C=O) groups excluding carboxylic acids is 2. The molecule has 3 aromatic rings. The maximum atomic E-state index is 14.1. The van der Waals surface area contributed by atoms with Crippen LogP contribution in [0, 0.1) is 5.82 Å². The first-order chi connectivity index (χ1) is 12.4. The van der Waals surface area contributed by atoms with E-state index in [4.69, 9.17) is 11.6 Å². The van der Waals surface area contributed by atoms with Crippen LogP contribution in [0.3, 0.4) is 0 Å². The Hall–Kier alpha value is -3.13. The summed E-state index contributed by atoms with van der Waals surface area (Å²) in [5, 5.41) is 14.8. The zero-order valence-electron chi connectivity index (χ0n) is 13.6. The normalized spacial score (nSPS) is 10.6. The van der Waals surface area contributed by atoms with Crippen LogP contribution in [-0.2, 0) is 11.3 Å². The van der Waals surface area contributed by atoms with Crippen molar-refractivity contribution in [3.8, 4) is 11.4 Å². The summed E-state index contributed by atoms with van der Waals surface area (Å²) in [7, 11) is 0. The van der Waals surface area contributed by atoms with Gasteiger partial charge in [-0.1, -0.05) is 23.7 Å². The van der Waals surface area contributed by atoms with Crippen LogP contribution >= 0.6 is 11.6 Å². The van der Waals surface area contributed by atoms with Crippen molar-refractivity contribution in [2.24, 2.45) is 0 Å². The van der Waals surface area contributed by atoms with Gasteiger partial charge in [-0.05, 0) is 35.5 Å². The Balaban J connectivity index is 1.75. The molecule has 2 aromatic carbocycles. The molecule has 0 spiro atoms. The number of aromatic nitrogens is 4. The topological polar surface area (TPSA) is 89.8 Å². The van der Waals surface area contributed by atoms with E-state index in [9.17, 15) is 14.0 Å². The SMILES string of the molecule is CC(=O)Nc1ccc(C(=O)Cn2nnc(-c3cccc(Cl)c3)n2)c(F)c1. The summed E-state index contributed by atoms with van der Waals surface area (Å²) in [6.07, 6.45) is 0. The highest BCUT2D eigenvalue weighted by Crippen LogP contribution is 2.19. The number of nitrogens with one attached hydrogen (secondary N) is 1. The number of tetrazole rings is 1. The number of benzene rings is 2. The van der Waals surface area contributed by atoms with Crippen molar-refractivity contribution in [2.75, 3.05) is 5.32 Å². The summed E-state index contributed by atoms with van der Waals surface area (Å²) in [4.78, 5) is 24.4. The lowest BCUT2D eigenvalue weighted by Crippen LogP contribution is -2.15. The molecule has 7 nitrogen and oxygen atoms in total. The third-order valence-electron chi connectivity index (χ3n) is 3.41. The van der Waals surface area contributed by atoms with Crippen LogP contribution in [0.5, 0.6) is 0 Å². The minimum Gasteiger partial charge on any atom is -0.326 e. The Kier molecular flexibility index (Phi) is 5.04. The first kappa shape index (κ1) is 17.7. The number of halogens is 2. The molecule has 1 aromatic heterocycles. The van der Waals surface area contributed by atoms with Gasteiger partial charge >= 0.3 is 0 Å². The van der Waals surface area contributed by atoms with Crippen LogP contribution in [0.1, 0.15) is 17.3 Å². The molecule has 0 atom stereocenters. The van der Waals surface area contributed by atoms with Gasteiger partial charge in [-0.25, -0.2) is 4.39 Å². The van der Waals surface area contributed by atoms with Crippen LogP contribution in [0.15, 0.2) is 42.5 Å². The summed E-state index contributed by atoms with van der Waals surface area (Å²) in [6, 6.07) is 10.7. The third kappa shape index (κ3) is 4.09. The Bertz CT molecular complexity index is 989. The fourth-order valence-corrected chi connectivity index (χ4v) is 2.48. The van der Waals surface area contributed by atoms with E-state index < -0.39 is 11.6 Å². The molecule has 0 aliphatic carbocycles. The number of hydrogen-bond acceptors (Lipinski definition) is 5. The molecule has 1 N–H and O–H groups in total. The molecule has 3 rings (SSSR count). The van der Waals surface area contributed by atoms with E-state index in [1.807, 2.05) is 0 Å². The average molecular weight is 374 g/mol. The van der Waals surface area contributed by atoms with Gasteiger partial charge in [-0.15, -0.1) is 10.2 Å². The van der Waals surface area contributed by atoms with Crippen molar-refractivity contribution in [1.82, 2.24) is 20.2 Å². The molecule has 1 heterocycles. The Morgan fingerprint density at radius 2 is 2.04 bits per heavy atom. The summed E-state index contributed by atoms with van der Waals surface area (Å²) >= 11 is 5.92. The van der Waals surface area contributed by atoms with Crippen LogP contribution < -0.4 is 5.32 Å². The second-order valence-electron chi connectivity index (χ2n) is 5.45. The van der Waals surface area contributed by atoms with E-state index in [2.05, 4.69) is 20.7 Å². The zero-order chi connectivity index (χ0) is 18.7. The monoisotopic (exact) mass is 373 g/mol. The Morgan fingerprint density at radius 3 is 2.73 bits per heavy atom. The van der Waals surface area contributed by atoms with Crippen molar-refractivity contribution < 1.29 is 14.0 Å². The number of hydrogen-bond donors (Lipinski definition) is 1. The molecule has 9 heteroatoms. The molecule has 26 heavy (non-hydrogen) atoms. The molecule has 0 fully saturated rings. The van der Waals surface area contributed by atoms with Crippen molar-refractivity contribution in [3.63, 3.8) is 0 Å². The zero-order valence-corrected chi connectivity index (χ0v) is 14.4. The van der Waals surface area contributed by atoms with E-state index in [-0.39, 0.29) is 23.7 Å². The highest BCUT2D eigenvalue weighted by atomic mass is 35.5. The van der Waals surface area contributed by atoms with E-state index in [0.29, 0.717) is 16.4 Å². The summed E-state index contributed by atoms with van der Waals surface area (Å²) in [5.74, 6) is -1.28. The molecule has 0 bridgehead atoms. The number of Topliss-reactive ketones (excluding diaryl/α,β-unsaturated/α-hetero) is 1. The molecular formula is C17H13ClFN5O2. The first-order valence-corrected chi connectivity index (χ1v) is 7.94. The van der Waals surface area contributed by atoms with Crippen molar-refractivity contribution in [2.45, 2.75) is 13.5 Å². The summed E-state index contributed by atoms with van der Waals surface area (Å²) in [5.41, 5.74) is 0.802. The Morgan fingerprint density at radius 1 is 1.23 bits per heavy atom. The van der Waals surface area contributed by atoms with Crippen LogP contribution in [0.4, 0.5) is 10.1 Å². The van der Waals surface area contributed by atoms with Crippen molar-refractivity contribution in [1.29, 1.82) is 0 Å². The molecule has 0 aliphatic rings. The molecule has 0 radical (unpaired) electrons. The number of nitrogens with zero attached hydrogens (tertiary/aromatic N) is 4. The average Bonchev–Trinajstić information content (AvgIpc) is 3.02. The first-order valence-electron chi connectivity index (χ1n) is 7.56.